The average Bonchev–Trinajstić information content (AvgIpc) is 2.63. The van der Waals surface area contributed by atoms with E-state index in [1.807, 2.05) is 13.8 Å². The summed E-state index contributed by atoms with van der Waals surface area (Å²) in [7, 11) is 1.58. The first-order valence-corrected chi connectivity index (χ1v) is 7.93. The van der Waals surface area contributed by atoms with Gasteiger partial charge in [0, 0.05) is 29.9 Å². The molecule has 0 unspecified atom stereocenters. The van der Waals surface area contributed by atoms with E-state index in [2.05, 4.69) is 5.32 Å². The average molecular weight is 326 g/mol. The highest BCUT2D eigenvalue weighted by atomic mass is 16.5. The number of ether oxygens (including phenoxy) is 1. The van der Waals surface area contributed by atoms with Gasteiger partial charge in [0.15, 0.2) is 0 Å². The number of carbonyl (C=O) groups is 2. The molecule has 0 aliphatic heterocycles. The molecule has 0 saturated carbocycles. The Kier molecular flexibility index (Phi) is 5.95. The van der Waals surface area contributed by atoms with E-state index in [1.54, 1.807) is 60.5 Å². The summed E-state index contributed by atoms with van der Waals surface area (Å²) in [6, 6.07) is 13.8. The minimum absolute atomic E-state index is 0.0412. The van der Waals surface area contributed by atoms with Gasteiger partial charge in [0.2, 0.25) is 0 Å². The highest BCUT2D eigenvalue weighted by Crippen LogP contribution is 2.16. The molecule has 0 saturated heterocycles. The number of methoxy groups -OCH3 is 1. The molecule has 0 aliphatic carbocycles. The van der Waals surface area contributed by atoms with Gasteiger partial charge in [-0.2, -0.15) is 0 Å². The number of anilines is 1. The van der Waals surface area contributed by atoms with Gasteiger partial charge in [-0.3, -0.25) is 9.59 Å². The molecule has 126 valence electrons. The second-order valence-corrected chi connectivity index (χ2v) is 5.24. The number of hydrogen-bond acceptors (Lipinski definition) is 3. The monoisotopic (exact) mass is 326 g/mol. The Hall–Kier alpha value is -2.82. The topological polar surface area (TPSA) is 58.6 Å². The number of benzene rings is 2. The third-order valence-corrected chi connectivity index (χ3v) is 3.77. The van der Waals surface area contributed by atoms with E-state index in [9.17, 15) is 9.59 Å². The SMILES string of the molecule is CCN(CC)C(=O)c1cccc(NC(=O)c2ccc(OC)cc2)c1. The van der Waals surface area contributed by atoms with Crippen LogP contribution in [0.4, 0.5) is 5.69 Å². The van der Waals surface area contributed by atoms with Crippen LogP contribution in [0.2, 0.25) is 0 Å². The molecule has 0 radical (unpaired) electrons. The van der Waals surface area contributed by atoms with E-state index in [0.29, 0.717) is 35.7 Å². The van der Waals surface area contributed by atoms with Gasteiger partial charge >= 0.3 is 0 Å². The summed E-state index contributed by atoms with van der Waals surface area (Å²) in [6.07, 6.45) is 0. The first-order chi connectivity index (χ1) is 11.6. The molecule has 0 bridgehead atoms. The Labute approximate surface area is 142 Å². The Morgan fingerprint density at radius 2 is 1.67 bits per heavy atom. The van der Waals surface area contributed by atoms with Gasteiger partial charge in [0.25, 0.3) is 11.8 Å². The summed E-state index contributed by atoms with van der Waals surface area (Å²) >= 11 is 0. The number of rotatable bonds is 6. The Balaban J connectivity index is 2.13. The number of nitrogens with zero attached hydrogens (tertiary/aromatic N) is 1. The minimum atomic E-state index is -0.231. The summed E-state index contributed by atoms with van der Waals surface area (Å²) in [4.78, 5) is 26.4. The normalized spacial score (nSPS) is 10.1. The van der Waals surface area contributed by atoms with Crippen LogP contribution in [0.3, 0.4) is 0 Å². The van der Waals surface area contributed by atoms with Crippen molar-refractivity contribution < 1.29 is 14.3 Å². The van der Waals surface area contributed by atoms with Crippen molar-refractivity contribution in [1.29, 1.82) is 0 Å². The van der Waals surface area contributed by atoms with Crippen molar-refractivity contribution in [2.45, 2.75) is 13.8 Å². The number of carbonyl (C=O) groups excluding carboxylic acids is 2. The van der Waals surface area contributed by atoms with Crippen LogP contribution in [0, 0.1) is 0 Å². The van der Waals surface area contributed by atoms with Crippen LogP contribution in [0.5, 0.6) is 5.75 Å². The van der Waals surface area contributed by atoms with E-state index in [1.165, 1.54) is 0 Å². The van der Waals surface area contributed by atoms with Crippen LogP contribution < -0.4 is 10.1 Å². The zero-order chi connectivity index (χ0) is 17.5. The molecule has 0 spiro atoms. The lowest BCUT2D eigenvalue weighted by Crippen LogP contribution is -2.30. The molecule has 0 fully saturated rings. The number of hydrogen-bond donors (Lipinski definition) is 1. The predicted molar refractivity (Wildman–Crippen MR) is 94.6 cm³/mol. The summed E-state index contributed by atoms with van der Waals surface area (Å²) in [5.41, 5.74) is 1.68. The van der Waals surface area contributed by atoms with Crippen LogP contribution in [-0.4, -0.2) is 36.9 Å². The van der Waals surface area contributed by atoms with E-state index >= 15 is 0 Å². The highest BCUT2D eigenvalue weighted by Gasteiger charge is 2.13. The maximum absolute atomic E-state index is 12.4. The molecule has 1 N–H and O–H groups in total. The molecule has 0 heterocycles. The lowest BCUT2D eigenvalue weighted by molar-refractivity contribution is 0.0772. The standard InChI is InChI=1S/C19H22N2O3/c1-4-21(5-2)19(23)15-7-6-8-16(13-15)20-18(22)14-9-11-17(24-3)12-10-14/h6-13H,4-5H2,1-3H3,(H,20,22). The van der Waals surface area contributed by atoms with Crippen molar-refractivity contribution in [2.75, 3.05) is 25.5 Å². The van der Waals surface area contributed by atoms with Crippen LogP contribution in [0.1, 0.15) is 34.6 Å². The highest BCUT2D eigenvalue weighted by molar-refractivity contribution is 6.05. The van der Waals surface area contributed by atoms with Crippen LogP contribution in [-0.2, 0) is 0 Å². The Bertz CT molecular complexity index is 707. The van der Waals surface area contributed by atoms with Crippen molar-refractivity contribution in [2.24, 2.45) is 0 Å². The van der Waals surface area contributed by atoms with Gasteiger partial charge in [0.1, 0.15) is 5.75 Å². The zero-order valence-electron chi connectivity index (χ0n) is 14.2. The largest absolute Gasteiger partial charge is 0.497 e. The first kappa shape index (κ1) is 17.5. The molecule has 5 nitrogen and oxygen atoms in total. The van der Waals surface area contributed by atoms with Crippen LogP contribution >= 0.6 is 0 Å². The number of nitrogens with one attached hydrogen (secondary N) is 1. The summed E-state index contributed by atoms with van der Waals surface area (Å²) in [5.74, 6) is 0.420. The molecular formula is C19H22N2O3. The maximum Gasteiger partial charge on any atom is 0.255 e. The summed E-state index contributed by atoms with van der Waals surface area (Å²) in [5, 5.41) is 2.82. The van der Waals surface area contributed by atoms with E-state index in [4.69, 9.17) is 4.74 Å². The van der Waals surface area contributed by atoms with Gasteiger partial charge in [-0.15, -0.1) is 0 Å². The van der Waals surface area contributed by atoms with E-state index in [0.717, 1.165) is 0 Å². The first-order valence-electron chi connectivity index (χ1n) is 7.93. The summed E-state index contributed by atoms with van der Waals surface area (Å²) in [6.45, 7) is 5.18. The zero-order valence-corrected chi connectivity index (χ0v) is 14.2. The van der Waals surface area contributed by atoms with Crippen molar-refractivity contribution in [3.05, 3.63) is 59.7 Å². The third-order valence-electron chi connectivity index (χ3n) is 3.77. The van der Waals surface area contributed by atoms with Gasteiger partial charge in [-0.25, -0.2) is 0 Å². The molecular weight excluding hydrogens is 304 g/mol. The van der Waals surface area contributed by atoms with Crippen molar-refractivity contribution in [1.82, 2.24) is 4.90 Å². The predicted octanol–water partition coefficient (Wildman–Crippen LogP) is 3.43. The van der Waals surface area contributed by atoms with Crippen molar-refractivity contribution in [3.63, 3.8) is 0 Å². The van der Waals surface area contributed by atoms with Crippen LogP contribution in [0.25, 0.3) is 0 Å². The fourth-order valence-corrected chi connectivity index (χ4v) is 2.37. The molecule has 2 aromatic rings. The van der Waals surface area contributed by atoms with Crippen LogP contribution in [0.15, 0.2) is 48.5 Å². The fourth-order valence-electron chi connectivity index (χ4n) is 2.37. The van der Waals surface area contributed by atoms with Crippen molar-refractivity contribution >= 4 is 17.5 Å². The smallest absolute Gasteiger partial charge is 0.255 e. The molecule has 5 heteroatoms. The van der Waals surface area contributed by atoms with Gasteiger partial charge in [-0.1, -0.05) is 6.07 Å². The fraction of sp³-hybridized carbons (Fsp3) is 0.263. The van der Waals surface area contributed by atoms with Gasteiger partial charge in [0.05, 0.1) is 7.11 Å². The minimum Gasteiger partial charge on any atom is -0.497 e. The second-order valence-electron chi connectivity index (χ2n) is 5.24. The van der Waals surface area contributed by atoms with Gasteiger partial charge in [-0.05, 0) is 56.3 Å². The summed E-state index contributed by atoms with van der Waals surface area (Å²) < 4.78 is 5.08. The molecule has 0 atom stereocenters. The quantitative estimate of drug-likeness (QED) is 0.885. The third kappa shape index (κ3) is 4.13. The Morgan fingerprint density at radius 1 is 1.00 bits per heavy atom. The molecule has 2 amide bonds. The second kappa shape index (κ2) is 8.15. The van der Waals surface area contributed by atoms with Crippen molar-refractivity contribution in [3.8, 4) is 5.75 Å². The lowest BCUT2D eigenvalue weighted by atomic mass is 10.1. The maximum atomic E-state index is 12.4. The Morgan fingerprint density at radius 3 is 2.25 bits per heavy atom. The molecule has 0 aromatic heterocycles. The van der Waals surface area contributed by atoms with E-state index in [-0.39, 0.29) is 11.8 Å². The van der Waals surface area contributed by atoms with Gasteiger partial charge < -0.3 is 15.0 Å². The lowest BCUT2D eigenvalue weighted by Gasteiger charge is -2.19. The van der Waals surface area contributed by atoms with E-state index < -0.39 is 0 Å². The molecule has 0 aliphatic rings. The molecule has 24 heavy (non-hydrogen) atoms. The molecule has 2 rings (SSSR count). The molecule has 2 aromatic carbocycles. The number of amides is 2.